The molecule has 8 nitrogen and oxygen atoms in total. The molecule has 1 aromatic rings. The third-order valence-electron chi connectivity index (χ3n) is 5.88. The highest BCUT2D eigenvalue weighted by Crippen LogP contribution is 2.37. The van der Waals surface area contributed by atoms with Crippen molar-refractivity contribution in [1.29, 1.82) is 0 Å². The number of carbonyl (C=O) groups excluding carboxylic acids is 3. The third kappa shape index (κ3) is 5.87. The number of amides is 2. The number of aromatic nitrogens is 2. The molecule has 0 aliphatic heterocycles. The first kappa shape index (κ1) is 23.8. The van der Waals surface area contributed by atoms with Gasteiger partial charge in [-0.15, -0.1) is 10.2 Å². The summed E-state index contributed by atoms with van der Waals surface area (Å²) in [6.07, 6.45) is 7.08. The molecule has 9 heteroatoms. The van der Waals surface area contributed by atoms with Gasteiger partial charge in [-0.25, -0.2) is 0 Å². The second kappa shape index (κ2) is 10.1. The van der Waals surface area contributed by atoms with Crippen LogP contribution >= 0.6 is 11.8 Å². The third-order valence-corrected chi connectivity index (χ3v) is 6.72. The van der Waals surface area contributed by atoms with Gasteiger partial charge in [0.1, 0.15) is 11.7 Å². The highest BCUT2D eigenvalue weighted by Gasteiger charge is 2.47. The molecule has 2 aliphatic rings. The van der Waals surface area contributed by atoms with Crippen molar-refractivity contribution in [2.24, 2.45) is 11.8 Å². The topological polar surface area (TPSA) is 105 Å². The monoisotopic (exact) mass is 450 g/mol. The van der Waals surface area contributed by atoms with E-state index in [1.165, 1.54) is 11.8 Å². The molecule has 3 rings (SSSR count). The standard InChI is InChI=1S/C22H34N4O4S/c1-14(2)12-17(18(28)20-24-25-21(30-20)31-15(3)4)26(13-27)22(10-6-5-7-11-22)23-19(29)16-8-9-16/h13-17H,5-12H2,1-4H3,(H,23,29)/t17-/m0/s1. The van der Waals surface area contributed by atoms with Crippen LogP contribution in [-0.4, -0.2) is 50.2 Å². The maximum absolute atomic E-state index is 13.5. The van der Waals surface area contributed by atoms with Crippen LogP contribution in [0.1, 0.15) is 89.7 Å². The lowest BCUT2D eigenvalue weighted by Crippen LogP contribution is -2.65. The van der Waals surface area contributed by atoms with Crippen LogP contribution in [0.25, 0.3) is 0 Å². The maximum atomic E-state index is 13.5. The van der Waals surface area contributed by atoms with Crippen LogP contribution in [0.5, 0.6) is 0 Å². The van der Waals surface area contributed by atoms with Gasteiger partial charge in [0.25, 0.3) is 11.1 Å². The molecule has 0 radical (unpaired) electrons. The zero-order chi connectivity index (χ0) is 22.6. The number of nitrogens with one attached hydrogen (secondary N) is 1. The molecule has 0 bridgehead atoms. The van der Waals surface area contributed by atoms with Crippen LogP contribution in [0.2, 0.25) is 0 Å². The quantitative estimate of drug-likeness (QED) is 0.236. The van der Waals surface area contributed by atoms with Crippen molar-refractivity contribution in [3.63, 3.8) is 0 Å². The van der Waals surface area contributed by atoms with Gasteiger partial charge in [0.2, 0.25) is 18.1 Å². The van der Waals surface area contributed by atoms with Crippen molar-refractivity contribution in [3.05, 3.63) is 5.89 Å². The molecule has 172 valence electrons. The van der Waals surface area contributed by atoms with Crippen LogP contribution in [0.15, 0.2) is 9.64 Å². The summed E-state index contributed by atoms with van der Waals surface area (Å²) >= 11 is 1.39. The molecule has 0 spiro atoms. The molecule has 2 saturated carbocycles. The van der Waals surface area contributed by atoms with Crippen molar-refractivity contribution in [3.8, 4) is 0 Å². The summed E-state index contributed by atoms with van der Waals surface area (Å²) in [6, 6.07) is -0.771. The second-order valence-corrected chi connectivity index (χ2v) is 10.9. The summed E-state index contributed by atoms with van der Waals surface area (Å²) in [6.45, 7) is 8.02. The van der Waals surface area contributed by atoms with E-state index < -0.39 is 11.7 Å². The summed E-state index contributed by atoms with van der Waals surface area (Å²) in [5.74, 6) is -0.283. The maximum Gasteiger partial charge on any atom is 0.286 e. The summed E-state index contributed by atoms with van der Waals surface area (Å²) in [5, 5.41) is 11.7. The Hall–Kier alpha value is -1.90. The lowest BCUT2D eigenvalue weighted by Gasteiger charge is -2.48. The Morgan fingerprint density at radius 2 is 1.87 bits per heavy atom. The van der Waals surface area contributed by atoms with Crippen molar-refractivity contribution in [1.82, 2.24) is 20.4 Å². The number of Topliss-reactive ketones (excluding diaryl/α,β-unsaturated/α-hetero) is 1. The molecule has 1 N–H and O–H groups in total. The molecular weight excluding hydrogens is 416 g/mol. The van der Waals surface area contributed by atoms with Gasteiger partial charge in [-0.05, 0) is 50.9 Å². The minimum Gasteiger partial charge on any atom is -0.408 e. The van der Waals surface area contributed by atoms with E-state index in [2.05, 4.69) is 15.5 Å². The summed E-state index contributed by atoms with van der Waals surface area (Å²) in [7, 11) is 0. The van der Waals surface area contributed by atoms with E-state index in [9.17, 15) is 14.4 Å². The lowest BCUT2D eigenvalue weighted by molar-refractivity contribution is -0.137. The minimum absolute atomic E-state index is 0.0158. The average molecular weight is 451 g/mol. The van der Waals surface area contributed by atoms with Crippen LogP contribution in [0, 0.1) is 11.8 Å². The fourth-order valence-corrected chi connectivity index (χ4v) is 4.85. The molecule has 1 heterocycles. The number of hydrogen-bond donors (Lipinski definition) is 1. The van der Waals surface area contributed by atoms with Crippen LogP contribution in [0.4, 0.5) is 0 Å². The number of thioether (sulfide) groups is 1. The molecular formula is C22H34N4O4S. The highest BCUT2D eigenvalue weighted by molar-refractivity contribution is 7.99. The molecule has 2 aliphatic carbocycles. The number of ketones is 1. The van der Waals surface area contributed by atoms with E-state index in [0.29, 0.717) is 24.5 Å². The molecule has 1 aromatic heterocycles. The summed E-state index contributed by atoms with van der Waals surface area (Å²) in [5.41, 5.74) is -0.843. The van der Waals surface area contributed by atoms with E-state index >= 15 is 0 Å². The fraction of sp³-hybridized carbons (Fsp3) is 0.773. The van der Waals surface area contributed by atoms with E-state index in [0.717, 1.165) is 38.5 Å². The van der Waals surface area contributed by atoms with Gasteiger partial charge in [-0.2, -0.15) is 0 Å². The Labute approximate surface area is 188 Å². The van der Waals surface area contributed by atoms with Gasteiger partial charge in [0, 0.05) is 11.2 Å². The summed E-state index contributed by atoms with van der Waals surface area (Å²) in [4.78, 5) is 40.2. The van der Waals surface area contributed by atoms with Crippen molar-refractivity contribution < 1.29 is 18.8 Å². The molecule has 0 saturated heterocycles. The Morgan fingerprint density at radius 1 is 1.19 bits per heavy atom. The van der Waals surface area contributed by atoms with E-state index in [4.69, 9.17) is 4.42 Å². The van der Waals surface area contributed by atoms with Crippen LogP contribution in [0.3, 0.4) is 0 Å². The minimum atomic E-state index is -0.843. The van der Waals surface area contributed by atoms with E-state index in [1.54, 1.807) is 4.90 Å². The van der Waals surface area contributed by atoms with Crippen molar-refractivity contribution >= 4 is 29.9 Å². The fourth-order valence-electron chi connectivity index (χ4n) is 4.23. The predicted molar refractivity (Wildman–Crippen MR) is 117 cm³/mol. The SMILES string of the molecule is CC(C)C[C@@H](C(=O)c1nnc(SC(C)C)o1)N(C=O)C1(NC(=O)C2CC2)CCCCC1. The number of hydrogen-bond acceptors (Lipinski definition) is 7. The molecule has 0 unspecified atom stereocenters. The van der Waals surface area contributed by atoms with E-state index in [1.807, 2.05) is 27.7 Å². The highest BCUT2D eigenvalue weighted by atomic mass is 32.2. The van der Waals surface area contributed by atoms with Gasteiger partial charge in [-0.3, -0.25) is 14.4 Å². The Balaban J connectivity index is 1.91. The van der Waals surface area contributed by atoms with Gasteiger partial charge in [-0.1, -0.05) is 45.9 Å². The Morgan fingerprint density at radius 3 is 2.42 bits per heavy atom. The smallest absolute Gasteiger partial charge is 0.286 e. The molecule has 0 aromatic carbocycles. The van der Waals surface area contributed by atoms with Gasteiger partial charge < -0.3 is 14.6 Å². The molecule has 2 amide bonds. The zero-order valence-corrected chi connectivity index (χ0v) is 19.7. The summed E-state index contributed by atoms with van der Waals surface area (Å²) < 4.78 is 5.62. The molecule has 31 heavy (non-hydrogen) atoms. The Kier molecular flexibility index (Phi) is 7.78. The van der Waals surface area contributed by atoms with Gasteiger partial charge in [0.05, 0.1) is 0 Å². The number of carbonyl (C=O) groups is 3. The zero-order valence-electron chi connectivity index (χ0n) is 18.9. The van der Waals surface area contributed by atoms with Crippen molar-refractivity contribution in [2.45, 2.75) is 101 Å². The predicted octanol–water partition coefficient (Wildman–Crippen LogP) is 3.81. The van der Waals surface area contributed by atoms with E-state index in [-0.39, 0.29) is 34.7 Å². The van der Waals surface area contributed by atoms with Crippen molar-refractivity contribution in [2.75, 3.05) is 0 Å². The number of rotatable bonds is 11. The average Bonchev–Trinajstić information content (AvgIpc) is 3.47. The largest absolute Gasteiger partial charge is 0.408 e. The first-order chi connectivity index (χ1) is 14.8. The first-order valence-corrected chi connectivity index (χ1v) is 12.2. The van der Waals surface area contributed by atoms with Gasteiger partial charge >= 0.3 is 0 Å². The number of nitrogens with zero attached hydrogens (tertiary/aromatic N) is 3. The lowest BCUT2D eigenvalue weighted by atomic mass is 9.84. The molecule has 2 fully saturated rings. The van der Waals surface area contributed by atoms with Gasteiger partial charge in [0.15, 0.2) is 0 Å². The second-order valence-electron chi connectivity index (χ2n) is 9.42. The normalized spacial score (nSPS) is 19.3. The van der Waals surface area contributed by atoms with Crippen LogP contribution < -0.4 is 5.32 Å². The molecule has 1 atom stereocenters. The first-order valence-electron chi connectivity index (χ1n) is 11.4. The van der Waals surface area contributed by atoms with Crippen LogP contribution in [-0.2, 0) is 9.59 Å². The Bertz CT molecular complexity index is 784.